The Hall–Kier alpha value is -2.64. The first-order valence-corrected chi connectivity index (χ1v) is 8.99. The lowest BCUT2D eigenvalue weighted by Crippen LogP contribution is -2.42. The first kappa shape index (κ1) is 22.4. The lowest BCUT2D eigenvalue weighted by atomic mass is 10.2. The predicted octanol–water partition coefficient (Wildman–Crippen LogP) is 2.28. The predicted molar refractivity (Wildman–Crippen MR) is 107 cm³/mol. The molecular weight excluding hydrogens is 348 g/mol. The number of carbonyl (C=O) groups excluding carboxylic acids is 1. The van der Waals surface area contributed by atoms with Gasteiger partial charge in [0.25, 0.3) is 0 Å². The maximum Gasteiger partial charge on any atom is 0.407 e. The van der Waals surface area contributed by atoms with Crippen molar-refractivity contribution in [3.63, 3.8) is 0 Å². The summed E-state index contributed by atoms with van der Waals surface area (Å²) in [6, 6.07) is 5.63. The lowest BCUT2D eigenvalue weighted by molar-refractivity contribution is 0.0529. The molecular formula is C19H32N4O4. The highest BCUT2D eigenvalue weighted by Gasteiger charge is 2.15. The van der Waals surface area contributed by atoms with Crippen LogP contribution in [0.15, 0.2) is 23.2 Å². The van der Waals surface area contributed by atoms with Crippen molar-refractivity contribution in [2.75, 3.05) is 33.9 Å². The maximum atomic E-state index is 11.6. The second-order valence-electron chi connectivity index (χ2n) is 6.73. The molecule has 0 aromatic heterocycles. The first-order chi connectivity index (χ1) is 12.8. The van der Waals surface area contributed by atoms with Crippen LogP contribution in [0.1, 0.15) is 33.3 Å². The van der Waals surface area contributed by atoms with Crippen LogP contribution in [0.25, 0.3) is 0 Å². The van der Waals surface area contributed by atoms with Gasteiger partial charge in [-0.15, -0.1) is 0 Å². The molecule has 1 rings (SSSR count). The smallest absolute Gasteiger partial charge is 0.407 e. The van der Waals surface area contributed by atoms with E-state index in [0.717, 1.165) is 23.6 Å². The van der Waals surface area contributed by atoms with Crippen molar-refractivity contribution in [1.82, 2.24) is 16.0 Å². The maximum absolute atomic E-state index is 11.6. The number of alkyl carbamates (subject to hydrolysis) is 1. The molecule has 8 heteroatoms. The fourth-order valence-corrected chi connectivity index (χ4v) is 2.15. The number of methoxy groups -OCH3 is 2. The number of benzene rings is 1. The van der Waals surface area contributed by atoms with Crippen molar-refractivity contribution in [1.29, 1.82) is 0 Å². The van der Waals surface area contributed by atoms with Crippen LogP contribution in [0.4, 0.5) is 4.79 Å². The summed E-state index contributed by atoms with van der Waals surface area (Å²) in [7, 11) is 3.24. The second kappa shape index (κ2) is 11.2. The Bertz CT molecular complexity index is 627. The largest absolute Gasteiger partial charge is 0.497 e. The molecule has 27 heavy (non-hydrogen) atoms. The van der Waals surface area contributed by atoms with Crippen LogP contribution in [0.3, 0.4) is 0 Å². The van der Waals surface area contributed by atoms with Crippen LogP contribution in [0, 0.1) is 0 Å². The third kappa shape index (κ3) is 9.03. The summed E-state index contributed by atoms with van der Waals surface area (Å²) in [5.74, 6) is 2.11. The van der Waals surface area contributed by atoms with Crippen molar-refractivity contribution >= 4 is 12.1 Å². The number of nitrogens with one attached hydrogen (secondary N) is 3. The Kier molecular flexibility index (Phi) is 9.25. The molecule has 1 aromatic rings. The summed E-state index contributed by atoms with van der Waals surface area (Å²) in [5.41, 5.74) is 0.438. The molecule has 0 saturated carbocycles. The average molecular weight is 380 g/mol. The van der Waals surface area contributed by atoms with Crippen LogP contribution < -0.4 is 25.4 Å². The molecule has 1 amide bonds. The summed E-state index contributed by atoms with van der Waals surface area (Å²) in [5, 5.41) is 9.04. The van der Waals surface area contributed by atoms with Gasteiger partial charge in [-0.25, -0.2) is 9.79 Å². The molecule has 0 heterocycles. The molecule has 3 N–H and O–H groups in total. The number of hydrogen-bond acceptors (Lipinski definition) is 5. The Morgan fingerprint density at radius 1 is 1.07 bits per heavy atom. The zero-order valence-corrected chi connectivity index (χ0v) is 17.1. The minimum atomic E-state index is -0.509. The highest BCUT2D eigenvalue weighted by Crippen LogP contribution is 2.25. The normalized spacial score (nSPS) is 11.6. The van der Waals surface area contributed by atoms with E-state index in [4.69, 9.17) is 14.2 Å². The van der Waals surface area contributed by atoms with Gasteiger partial charge in [-0.1, -0.05) is 0 Å². The van der Waals surface area contributed by atoms with E-state index in [1.165, 1.54) is 0 Å². The van der Waals surface area contributed by atoms with E-state index in [2.05, 4.69) is 20.9 Å². The summed E-state index contributed by atoms with van der Waals surface area (Å²) >= 11 is 0. The standard InChI is InChI=1S/C19H32N4O4/c1-7-20-17(21-10-11-22-18(24)27-19(2,3)4)23-13-14-8-9-15(25-5)12-16(14)26-6/h8-9,12H,7,10-11,13H2,1-6H3,(H,22,24)(H2,20,21,23). The SMILES string of the molecule is CCNC(=NCc1ccc(OC)cc1OC)NCCNC(=O)OC(C)(C)C. The van der Waals surface area contributed by atoms with E-state index < -0.39 is 11.7 Å². The molecule has 0 spiro atoms. The monoisotopic (exact) mass is 380 g/mol. The summed E-state index contributed by atoms with van der Waals surface area (Å²) in [6.07, 6.45) is -0.436. The third-order valence-electron chi connectivity index (χ3n) is 3.33. The summed E-state index contributed by atoms with van der Waals surface area (Å²) < 4.78 is 15.8. The topological polar surface area (TPSA) is 93.2 Å². The molecule has 0 aliphatic rings. The van der Waals surface area contributed by atoms with E-state index in [1.54, 1.807) is 14.2 Å². The Balaban J connectivity index is 2.56. The lowest BCUT2D eigenvalue weighted by Gasteiger charge is -2.20. The number of nitrogens with zero attached hydrogens (tertiary/aromatic N) is 1. The van der Waals surface area contributed by atoms with Gasteiger partial charge in [-0.3, -0.25) is 0 Å². The minimum Gasteiger partial charge on any atom is -0.497 e. The number of ether oxygens (including phenoxy) is 3. The number of aliphatic imine (C=N–C) groups is 1. The van der Waals surface area contributed by atoms with Gasteiger partial charge in [-0.2, -0.15) is 0 Å². The number of guanidine groups is 1. The van der Waals surface area contributed by atoms with Crippen LogP contribution in [0.2, 0.25) is 0 Å². The number of carbonyl (C=O) groups is 1. The molecule has 152 valence electrons. The molecule has 0 bridgehead atoms. The summed E-state index contributed by atoms with van der Waals surface area (Å²) in [4.78, 5) is 16.2. The molecule has 0 aliphatic carbocycles. The van der Waals surface area contributed by atoms with Crippen molar-refractivity contribution in [2.45, 2.75) is 39.8 Å². The molecule has 0 radical (unpaired) electrons. The highest BCUT2D eigenvalue weighted by molar-refractivity contribution is 5.79. The van der Waals surface area contributed by atoms with Crippen molar-refractivity contribution < 1.29 is 19.0 Å². The fraction of sp³-hybridized carbons (Fsp3) is 0.579. The zero-order valence-electron chi connectivity index (χ0n) is 17.1. The minimum absolute atomic E-state index is 0.422. The van der Waals surface area contributed by atoms with Gasteiger partial charge in [0.05, 0.1) is 20.8 Å². The van der Waals surface area contributed by atoms with Gasteiger partial charge < -0.3 is 30.2 Å². The van der Waals surface area contributed by atoms with Gasteiger partial charge in [-0.05, 0) is 39.8 Å². The van der Waals surface area contributed by atoms with Crippen LogP contribution in [0.5, 0.6) is 11.5 Å². The quantitative estimate of drug-likeness (QED) is 0.364. The number of rotatable bonds is 8. The summed E-state index contributed by atoms with van der Waals surface area (Å²) in [6.45, 7) is 9.59. The van der Waals surface area contributed by atoms with E-state index in [1.807, 2.05) is 45.9 Å². The Labute approximate surface area is 161 Å². The average Bonchev–Trinajstić information content (AvgIpc) is 2.61. The van der Waals surface area contributed by atoms with E-state index in [0.29, 0.717) is 25.6 Å². The van der Waals surface area contributed by atoms with Crippen molar-refractivity contribution in [3.8, 4) is 11.5 Å². The van der Waals surface area contributed by atoms with Crippen LogP contribution in [-0.2, 0) is 11.3 Å². The van der Waals surface area contributed by atoms with Gasteiger partial charge in [0, 0.05) is 31.3 Å². The third-order valence-corrected chi connectivity index (χ3v) is 3.33. The van der Waals surface area contributed by atoms with Gasteiger partial charge in [0.1, 0.15) is 17.1 Å². The molecule has 0 fully saturated rings. The molecule has 0 atom stereocenters. The molecule has 0 unspecified atom stereocenters. The van der Waals surface area contributed by atoms with Crippen LogP contribution >= 0.6 is 0 Å². The number of hydrogen-bond donors (Lipinski definition) is 3. The van der Waals surface area contributed by atoms with E-state index in [9.17, 15) is 4.79 Å². The second-order valence-corrected chi connectivity index (χ2v) is 6.73. The zero-order chi connectivity index (χ0) is 20.3. The van der Waals surface area contributed by atoms with Crippen molar-refractivity contribution in [3.05, 3.63) is 23.8 Å². The molecule has 8 nitrogen and oxygen atoms in total. The fourth-order valence-electron chi connectivity index (χ4n) is 2.15. The molecule has 0 aliphatic heterocycles. The Morgan fingerprint density at radius 2 is 1.78 bits per heavy atom. The van der Waals surface area contributed by atoms with Crippen molar-refractivity contribution in [2.24, 2.45) is 4.99 Å². The number of amides is 1. The Morgan fingerprint density at radius 3 is 2.37 bits per heavy atom. The molecule has 0 saturated heterocycles. The van der Waals surface area contributed by atoms with Crippen LogP contribution in [-0.4, -0.2) is 51.5 Å². The van der Waals surface area contributed by atoms with Gasteiger partial charge >= 0.3 is 6.09 Å². The van der Waals surface area contributed by atoms with E-state index >= 15 is 0 Å². The van der Waals surface area contributed by atoms with Gasteiger partial charge in [0.2, 0.25) is 0 Å². The molecule has 1 aromatic carbocycles. The highest BCUT2D eigenvalue weighted by atomic mass is 16.6. The van der Waals surface area contributed by atoms with Gasteiger partial charge in [0.15, 0.2) is 5.96 Å². The first-order valence-electron chi connectivity index (χ1n) is 8.99. The van der Waals surface area contributed by atoms with E-state index in [-0.39, 0.29) is 0 Å².